The number of nitrogen functional groups attached to an aromatic ring is 1. The van der Waals surface area contributed by atoms with Gasteiger partial charge in [0.2, 0.25) is 0 Å². The average molecular weight is 766 g/mol. The summed E-state index contributed by atoms with van der Waals surface area (Å²) in [6.07, 6.45) is 2.32. The Hall–Kier alpha value is -5.16. The van der Waals surface area contributed by atoms with Crippen LogP contribution in [0, 0.1) is 5.82 Å². The van der Waals surface area contributed by atoms with Gasteiger partial charge < -0.3 is 25.4 Å². The van der Waals surface area contributed by atoms with Crippen LogP contribution in [0.4, 0.5) is 23.8 Å². The number of carbonyl (C=O) groups excluding carboxylic acids is 2. The van der Waals surface area contributed by atoms with E-state index < -0.39 is 41.5 Å². The molecule has 0 unspecified atom stereocenters. The number of nitrogens with two attached hydrogens (primary N) is 1. The fraction of sp³-hybridized carbons (Fsp3) is 0.500. The molecule has 0 aliphatic carbocycles. The maximum atomic E-state index is 16.3. The van der Waals surface area contributed by atoms with E-state index in [-0.39, 0.29) is 59.4 Å². The van der Waals surface area contributed by atoms with E-state index in [4.69, 9.17) is 15.2 Å². The van der Waals surface area contributed by atoms with Gasteiger partial charge >= 0.3 is 11.8 Å². The third-order valence-corrected chi connectivity index (χ3v) is 10.7. The molecule has 3 aliphatic rings. The lowest BCUT2D eigenvalue weighted by Crippen LogP contribution is -2.64. The zero-order valence-corrected chi connectivity index (χ0v) is 31.3. The van der Waals surface area contributed by atoms with E-state index in [1.165, 1.54) is 23.8 Å². The van der Waals surface area contributed by atoms with Crippen LogP contribution < -0.4 is 21.5 Å². The molecule has 4 aromatic rings. The van der Waals surface area contributed by atoms with Crippen molar-refractivity contribution in [2.75, 3.05) is 52.1 Å². The summed E-state index contributed by atoms with van der Waals surface area (Å²) in [5, 5.41) is 2.73. The average Bonchev–Trinajstić information content (AvgIpc) is 3.41. The monoisotopic (exact) mass is 765 g/mol. The number of carbonyl (C=O) groups is 2. The van der Waals surface area contributed by atoms with Crippen molar-refractivity contribution >= 4 is 29.0 Å². The van der Waals surface area contributed by atoms with Crippen molar-refractivity contribution in [3.8, 4) is 11.4 Å². The van der Waals surface area contributed by atoms with Gasteiger partial charge in [-0.3, -0.25) is 23.7 Å². The zero-order chi connectivity index (χ0) is 39.2. The minimum Gasteiger partial charge on any atom is -0.496 e. The molecule has 294 valence electrons. The summed E-state index contributed by atoms with van der Waals surface area (Å²) in [5.74, 6) is -4.19. The summed E-state index contributed by atoms with van der Waals surface area (Å²) in [6.45, 7) is 8.16. The molecule has 0 bridgehead atoms. The quantitative estimate of drug-likeness (QED) is 0.267. The van der Waals surface area contributed by atoms with Crippen molar-refractivity contribution in [1.29, 1.82) is 0 Å². The van der Waals surface area contributed by atoms with Crippen LogP contribution in [0.25, 0.3) is 16.9 Å². The lowest BCUT2D eigenvalue weighted by atomic mass is 9.94. The van der Waals surface area contributed by atoms with Gasteiger partial charge in [0.15, 0.2) is 11.5 Å². The second-order valence-corrected chi connectivity index (χ2v) is 15.5. The Bertz CT molecular complexity index is 2120. The standard InChI is InChI=1S/C38H46F3N9O5/c1-37(2,3)55-36(53)48-19-27(20-48)46-14-11-25(12-15-46)47-16-13-30(38(40,41)21-47)50-33-31(32(42)44-22-45-33)49(35(50)52)26-8-5-23(6-9-26)18-43-34(51)28-17-24(39)7-10-29(28)54-4/h5-10,17,22,25,27,30H,11-16,18-21H2,1-4H3,(H,43,51)(H2,42,44,45)/t30-/m0/s1. The highest BCUT2D eigenvalue weighted by molar-refractivity contribution is 5.96. The van der Waals surface area contributed by atoms with Gasteiger partial charge in [0.25, 0.3) is 11.8 Å². The number of likely N-dealkylation sites (tertiary alicyclic amines) is 3. The number of hydrogen-bond acceptors (Lipinski definition) is 10. The van der Waals surface area contributed by atoms with Crippen molar-refractivity contribution < 1.29 is 32.2 Å². The van der Waals surface area contributed by atoms with Gasteiger partial charge in [0, 0.05) is 51.4 Å². The van der Waals surface area contributed by atoms with Crippen molar-refractivity contribution in [3.05, 3.63) is 76.2 Å². The number of amides is 2. The molecule has 55 heavy (non-hydrogen) atoms. The minimum absolute atomic E-state index is 0.0187. The number of hydrogen-bond donors (Lipinski definition) is 2. The van der Waals surface area contributed by atoms with Crippen LogP contribution >= 0.6 is 0 Å². The summed E-state index contributed by atoms with van der Waals surface area (Å²) in [5.41, 5.74) is 6.18. The molecule has 3 N–H and O–H groups in total. The Labute approximate surface area is 316 Å². The first-order chi connectivity index (χ1) is 26.1. The van der Waals surface area contributed by atoms with Gasteiger partial charge in [0.05, 0.1) is 24.9 Å². The molecule has 2 amide bonds. The zero-order valence-electron chi connectivity index (χ0n) is 31.3. The Morgan fingerprint density at radius 2 is 1.67 bits per heavy atom. The summed E-state index contributed by atoms with van der Waals surface area (Å²) in [7, 11) is 1.38. The molecule has 2 aromatic carbocycles. The Balaban J connectivity index is 1.02. The van der Waals surface area contributed by atoms with Crippen molar-refractivity contribution in [3.63, 3.8) is 0 Å². The predicted molar refractivity (Wildman–Crippen MR) is 198 cm³/mol. The van der Waals surface area contributed by atoms with Gasteiger partial charge in [-0.25, -0.2) is 32.7 Å². The van der Waals surface area contributed by atoms with Gasteiger partial charge in [-0.2, -0.15) is 0 Å². The summed E-state index contributed by atoms with van der Waals surface area (Å²) in [4.78, 5) is 53.5. The number of anilines is 1. The number of alkyl halides is 2. The topological polar surface area (TPSA) is 153 Å². The maximum absolute atomic E-state index is 16.3. The molecule has 3 saturated heterocycles. The minimum atomic E-state index is -3.26. The van der Waals surface area contributed by atoms with Crippen LogP contribution in [0.3, 0.4) is 0 Å². The molecule has 3 fully saturated rings. The van der Waals surface area contributed by atoms with E-state index in [1.807, 2.05) is 25.7 Å². The normalized spacial score (nSPS) is 20.0. The van der Waals surface area contributed by atoms with Gasteiger partial charge in [0.1, 0.15) is 35.1 Å². The molecule has 3 aliphatic heterocycles. The van der Waals surface area contributed by atoms with E-state index in [0.717, 1.165) is 42.9 Å². The molecule has 7 rings (SSSR count). The van der Waals surface area contributed by atoms with Crippen LogP contribution in [0.1, 0.15) is 62.0 Å². The summed E-state index contributed by atoms with van der Waals surface area (Å²) in [6, 6.07) is 8.98. The van der Waals surface area contributed by atoms with Crippen molar-refractivity contribution in [2.45, 2.75) is 76.2 Å². The van der Waals surface area contributed by atoms with Crippen LogP contribution in [-0.2, 0) is 11.3 Å². The lowest BCUT2D eigenvalue weighted by Gasteiger charge is -2.49. The molecule has 1 atom stereocenters. The van der Waals surface area contributed by atoms with Crippen LogP contribution in [-0.4, -0.2) is 116 Å². The third-order valence-electron chi connectivity index (χ3n) is 10.7. The SMILES string of the molecule is COc1ccc(F)cc1C(=O)NCc1ccc(-n2c(=O)n([C@H]3CCN(C4CCN(C5CN(C(=O)OC(C)(C)C)C5)CC4)CC3(F)F)c3ncnc(N)c32)cc1. The van der Waals surface area contributed by atoms with E-state index in [2.05, 4.69) is 20.2 Å². The first kappa shape index (κ1) is 38.1. The van der Waals surface area contributed by atoms with Gasteiger partial charge in [-0.15, -0.1) is 0 Å². The van der Waals surface area contributed by atoms with Gasteiger partial charge in [-0.05, 0) is 75.9 Å². The molecule has 14 nitrogen and oxygen atoms in total. The number of imidazole rings is 1. The van der Waals surface area contributed by atoms with Crippen LogP contribution in [0.5, 0.6) is 5.75 Å². The largest absolute Gasteiger partial charge is 0.496 e. The predicted octanol–water partition coefficient (Wildman–Crippen LogP) is 4.21. The highest BCUT2D eigenvalue weighted by atomic mass is 19.3. The molecule has 5 heterocycles. The number of halogens is 3. The van der Waals surface area contributed by atoms with Crippen molar-refractivity contribution in [1.82, 2.24) is 39.1 Å². The number of ether oxygens (including phenoxy) is 2. The first-order valence-corrected chi connectivity index (χ1v) is 18.4. The number of nitrogens with one attached hydrogen (secondary N) is 1. The van der Waals surface area contributed by atoms with E-state index in [9.17, 15) is 18.8 Å². The second kappa shape index (κ2) is 14.8. The summed E-state index contributed by atoms with van der Waals surface area (Å²) >= 11 is 0. The molecular formula is C38H46F3N9O5. The number of nitrogens with zero attached hydrogens (tertiary/aromatic N) is 7. The lowest BCUT2D eigenvalue weighted by molar-refractivity contribution is -0.118. The molecular weight excluding hydrogens is 719 g/mol. The fourth-order valence-electron chi connectivity index (χ4n) is 7.85. The number of piperidine rings is 2. The Kier molecular flexibility index (Phi) is 10.3. The first-order valence-electron chi connectivity index (χ1n) is 18.4. The Morgan fingerprint density at radius 1 is 0.982 bits per heavy atom. The summed E-state index contributed by atoms with van der Waals surface area (Å²) < 4.78 is 59.3. The second-order valence-electron chi connectivity index (χ2n) is 15.5. The fourth-order valence-corrected chi connectivity index (χ4v) is 7.85. The highest BCUT2D eigenvalue weighted by Crippen LogP contribution is 2.40. The molecule has 17 heteroatoms. The highest BCUT2D eigenvalue weighted by Gasteiger charge is 2.49. The van der Waals surface area contributed by atoms with Crippen molar-refractivity contribution in [2.24, 2.45) is 0 Å². The number of benzene rings is 2. The number of rotatable bonds is 8. The molecule has 0 spiro atoms. The van der Waals surface area contributed by atoms with Crippen LogP contribution in [0.15, 0.2) is 53.6 Å². The molecule has 0 saturated carbocycles. The molecule has 0 radical (unpaired) electrons. The third kappa shape index (κ3) is 7.72. The number of fused-ring (bicyclic) bond motifs is 1. The Morgan fingerprint density at radius 3 is 2.33 bits per heavy atom. The smallest absolute Gasteiger partial charge is 0.410 e. The maximum Gasteiger partial charge on any atom is 0.410 e. The van der Waals surface area contributed by atoms with E-state index >= 15 is 8.78 Å². The molecule has 2 aromatic heterocycles. The number of methoxy groups -OCH3 is 1. The number of aromatic nitrogens is 4. The van der Waals surface area contributed by atoms with E-state index in [1.54, 1.807) is 29.2 Å². The van der Waals surface area contributed by atoms with Gasteiger partial charge in [-0.1, -0.05) is 12.1 Å². The van der Waals surface area contributed by atoms with E-state index in [0.29, 0.717) is 30.9 Å². The van der Waals surface area contributed by atoms with Crippen LogP contribution in [0.2, 0.25) is 0 Å².